The summed E-state index contributed by atoms with van der Waals surface area (Å²) in [5, 5.41) is 2.17. The summed E-state index contributed by atoms with van der Waals surface area (Å²) in [6.07, 6.45) is 4.11. The number of nitrogens with zero attached hydrogens (tertiary/aromatic N) is 1. The minimum atomic E-state index is 0.279. The molecule has 1 aliphatic heterocycles. The van der Waals surface area contributed by atoms with E-state index in [9.17, 15) is 0 Å². The maximum absolute atomic E-state index is 5.49. The van der Waals surface area contributed by atoms with Gasteiger partial charge in [0.15, 0.2) is 11.5 Å². The standard InChI is InChI=1S/C19H14BrNO2/c1-12-7-14-9-18-19(23-11-22-18)10-16(14)17(21-12)6-5-13-3-2-4-15(20)8-13/h2-10H,11H2,1H3/b6-5+. The van der Waals surface area contributed by atoms with Crippen molar-refractivity contribution in [2.24, 2.45) is 0 Å². The zero-order valence-corrected chi connectivity index (χ0v) is 14.1. The zero-order chi connectivity index (χ0) is 15.8. The number of fused-ring (bicyclic) bond motifs is 2. The summed E-state index contributed by atoms with van der Waals surface area (Å²) in [7, 11) is 0. The van der Waals surface area contributed by atoms with Crippen LogP contribution in [-0.2, 0) is 0 Å². The number of rotatable bonds is 2. The Morgan fingerprint density at radius 3 is 2.70 bits per heavy atom. The highest BCUT2D eigenvalue weighted by atomic mass is 79.9. The van der Waals surface area contributed by atoms with Gasteiger partial charge in [-0.3, -0.25) is 4.98 Å². The molecule has 0 bridgehead atoms. The molecule has 0 aliphatic carbocycles. The van der Waals surface area contributed by atoms with E-state index in [1.54, 1.807) is 0 Å². The minimum Gasteiger partial charge on any atom is -0.454 e. The van der Waals surface area contributed by atoms with Gasteiger partial charge in [0.25, 0.3) is 0 Å². The molecular formula is C19H14BrNO2. The predicted octanol–water partition coefficient (Wildman–Crippen LogP) is 5.20. The molecule has 0 saturated carbocycles. The Morgan fingerprint density at radius 2 is 1.87 bits per heavy atom. The minimum absolute atomic E-state index is 0.279. The highest BCUT2D eigenvalue weighted by Crippen LogP contribution is 2.37. The van der Waals surface area contributed by atoms with E-state index < -0.39 is 0 Å². The fourth-order valence-corrected chi connectivity index (χ4v) is 3.14. The monoisotopic (exact) mass is 367 g/mol. The molecule has 4 rings (SSSR count). The Bertz CT molecular complexity index is 934. The number of hydrogen-bond acceptors (Lipinski definition) is 3. The molecule has 4 heteroatoms. The van der Waals surface area contributed by atoms with Gasteiger partial charge in [0, 0.05) is 15.6 Å². The lowest BCUT2D eigenvalue weighted by molar-refractivity contribution is 0.174. The van der Waals surface area contributed by atoms with E-state index in [0.717, 1.165) is 43.7 Å². The molecule has 0 radical (unpaired) electrons. The molecule has 0 spiro atoms. The van der Waals surface area contributed by atoms with Crippen molar-refractivity contribution in [3.05, 3.63) is 63.9 Å². The fourth-order valence-electron chi connectivity index (χ4n) is 2.72. The van der Waals surface area contributed by atoms with Crippen molar-refractivity contribution in [1.29, 1.82) is 0 Å². The number of halogens is 1. The van der Waals surface area contributed by atoms with Crippen LogP contribution < -0.4 is 9.47 Å². The van der Waals surface area contributed by atoms with Gasteiger partial charge in [-0.15, -0.1) is 0 Å². The van der Waals surface area contributed by atoms with Crippen molar-refractivity contribution in [2.45, 2.75) is 6.92 Å². The first-order chi connectivity index (χ1) is 11.2. The van der Waals surface area contributed by atoms with Gasteiger partial charge in [0.05, 0.1) is 5.69 Å². The quantitative estimate of drug-likeness (QED) is 0.623. The Kier molecular flexibility index (Phi) is 3.54. The van der Waals surface area contributed by atoms with Crippen LogP contribution in [0, 0.1) is 6.92 Å². The molecule has 0 N–H and O–H groups in total. The predicted molar refractivity (Wildman–Crippen MR) is 95.7 cm³/mol. The van der Waals surface area contributed by atoms with E-state index in [2.05, 4.69) is 45.2 Å². The summed E-state index contributed by atoms with van der Waals surface area (Å²) in [5.74, 6) is 1.57. The SMILES string of the molecule is Cc1cc2cc3c(cc2c(/C=C/c2cccc(Br)c2)n1)OCO3. The average Bonchev–Trinajstić information content (AvgIpc) is 2.98. The number of ether oxygens (including phenoxy) is 2. The van der Waals surface area contributed by atoms with Gasteiger partial charge >= 0.3 is 0 Å². The van der Waals surface area contributed by atoms with Crippen molar-refractivity contribution in [3.63, 3.8) is 0 Å². The summed E-state index contributed by atoms with van der Waals surface area (Å²) < 4.78 is 12.0. The normalized spacial score (nSPS) is 13.1. The number of benzene rings is 2. The lowest BCUT2D eigenvalue weighted by atomic mass is 10.1. The second kappa shape index (κ2) is 5.70. The number of pyridine rings is 1. The Hall–Kier alpha value is -2.33. The Balaban J connectivity index is 1.82. The molecule has 2 aromatic carbocycles. The molecule has 1 aliphatic rings. The highest BCUT2D eigenvalue weighted by Gasteiger charge is 2.15. The van der Waals surface area contributed by atoms with Crippen LogP contribution in [0.5, 0.6) is 11.5 Å². The van der Waals surface area contributed by atoms with Gasteiger partial charge in [0.1, 0.15) is 0 Å². The van der Waals surface area contributed by atoms with Gasteiger partial charge < -0.3 is 9.47 Å². The molecule has 0 atom stereocenters. The molecule has 0 fully saturated rings. The van der Waals surface area contributed by atoms with Crippen LogP contribution >= 0.6 is 15.9 Å². The Morgan fingerprint density at radius 1 is 1.04 bits per heavy atom. The van der Waals surface area contributed by atoms with Crippen molar-refractivity contribution in [2.75, 3.05) is 6.79 Å². The number of hydrogen-bond donors (Lipinski definition) is 0. The topological polar surface area (TPSA) is 31.4 Å². The van der Waals surface area contributed by atoms with Crippen LogP contribution in [0.15, 0.2) is 46.9 Å². The van der Waals surface area contributed by atoms with Crippen LogP contribution in [0.4, 0.5) is 0 Å². The third-order valence-electron chi connectivity index (χ3n) is 3.76. The fraction of sp³-hybridized carbons (Fsp3) is 0.105. The van der Waals surface area contributed by atoms with E-state index in [-0.39, 0.29) is 6.79 Å². The van der Waals surface area contributed by atoms with Crippen molar-refractivity contribution >= 4 is 38.9 Å². The number of aromatic nitrogens is 1. The summed E-state index contributed by atoms with van der Waals surface area (Å²) in [5.41, 5.74) is 3.03. The highest BCUT2D eigenvalue weighted by molar-refractivity contribution is 9.10. The van der Waals surface area contributed by atoms with Gasteiger partial charge in [0.2, 0.25) is 6.79 Å². The third-order valence-corrected chi connectivity index (χ3v) is 4.26. The smallest absolute Gasteiger partial charge is 0.231 e. The van der Waals surface area contributed by atoms with Crippen molar-refractivity contribution in [1.82, 2.24) is 4.98 Å². The van der Waals surface area contributed by atoms with Crippen LogP contribution in [0.1, 0.15) is 17.0 Å². The third kappa shape index (κ3) is 2.82. The van der Waals surface area contributed by atoms with Crippen molar-refractivity contribution in [3.8, 4) is 11.5 Å². The van der Waals surface area contributed by atoms with Crippen LogP contribution in [0.2, 0.25) is 0 Å². The molecule has 3 nitrogen and oxygen atoms in total. The maximum Gasteiger partial charge on any atom is 0.231 e. The van der Waals surface area contributed by atoms with Gasteiger partial charge in [-0.25, -0.2) is 0 Å². The van der Waals surface area contributed by atoms with Gasteiger partial charge in [-0.1, -0.05) is 34.1 Å². The van der Waals surface area contributed by atoms with Gasteiger partial charge in [-0.2, -0.15) is 0 Å². The first-order valence-corrected chi connectivity index (χ1v) is 8.13. The first-order valence-electron chi connectivity index (χ1n) is 7.34. The van der Waals surface area contributed by atoms with Crippen molar-refractivity contribution < 1.29 is 9.47 Å². The molecule has 0 unspecified atom stereocenters. The molecule has 3 aromatic rings. The zero-order valence-electron chi connectivity index (χ0n) is 12.5. The maximum atomic E-state index is 5.49. The largest absolute Gasteiger partial charge is 0.454 e. The lowest BCUT2D eigenvalue weighted by Gasteiger charge is -2.06. The first kappa shape index (κ1) is 14.3. The van der Waals surface area contributed by atoms with Crippen LogP contribution in [0.25, 0.3) is 22.9 Å². The summed E-state index contributed by atoms with van der Waals surface area (Å²) in [4.78, 5) is 4.67. The van der Waals surface area contributed by atoms with Crippen LogP contribution in [-0.4, -0.2) is 11.8 Å². The summed E-state index contributed by atoms with van der Waals surface area (Å²) in [6, 6.07) is 14.3. The molecule has 23 heavy (non-hydrogen) atoms. The molecule has 114 valence electrons. The summed E-state index contributed by atoms with van der Waals surface area (Å²) >= 11 is 3.49. The van der Waals surface area contributed by atoms with E-state index in [1.165, 1.54) is 0 Å². The van der Waals surface area contributed by atoms with E-state index >= 15 is 0 Å². The van der Waals surface area contributed by atoms with E-state index in [0.29, 0.717) is 0 Å². The molecule has 0 amide bonds. The van der Waals surface area contributed by atoms with E-state index in [1.807, 2.05) is 37.3 Å². The second-order valence-electron chi connectivity index (χ2n) is 5.46. The number of aryl methyl sites for hydroxylation is 1. The molecular weight excluding hydrogens is 354 g/mol. The molecule has 0 saturated heterocycles. The second-order valence-corrected chi connectivity index (χ2v) is 6.38. The lowest BCUT2D eigenvalue weighted by Crippen LogP contribution is -1.92. The average molecular weight is 368 g/mol. The van der Waals surface area contributed by atoms with Gasteiger partial charge in [-0.05, 0) is 54.3 Å². The summed E-state index contributed by atoms with van der Waals surface area (Å²) in [6.45, 7) is 2.28. The van der Waals surface area contributed by atoms with Crippen LogP contribution in [0.3, 0.4) is 0 Å². The van der Waals surface area contributed by atoms with E-state index in [4.69, 9.17) is 9.47 Å². The molecule has 2 heterocycles. The molecule has 1 aromatic heterocycles. The Labute approximate surface area is 142 Å².